The van der Waals surface area contributed by atoms with Gasteiger partial charge in [-0.2, -0.15) is 0 Å². The van der Waals surface area contributed by atoms with Crippen molar-refractivity contribution in [1.82, 2.24) is 4.98 Å². The number of para-hydroxylation sites is 2. The van der Waals surface area contributed by atoms with Gasteiger partial charge in [0.05, 0.1) is 17.5 Å². The molecule has 5 nitrogen and oxygen atoms in total. The number of carbonyl (C=O) groups excluding carboxylic acids is 2. The Balaban J connectivity index is 1.33. The highest BCUT2D eigenvalue weighted by Gasteiger charge is 2.59. The molecule has 2 amide bonds. The smallest absolute Gasteiger partial charge is 0.238 e. The fraction of sp³-hybridized carbons (Fsp3) is 0.227. The number of hydrogen-bond donors (Lipinski definition) is 0. The lowest BCUT2D eigenvalue weighted by Gasteiger charge is -2.17. The van der Waals surface area contributed by atoms with Gasteiger partial charge in [-0.05, 0) is 54.7 Å². The van der Waals surface area contributed by atoms with Crippen molar-refractivity contribution in [3.63, 3.8) is 0 Å². The van der Waals surface area contributed by atoms with Crippen LogP contribution in [0.4, 0.5) is 5.69 Å². The van der Waals surface area contributed by atoms with Crippen molar-refractivity contribution in [3.05, 3.63) is 60.7 Å². The molecule has 6 rings (SSSR count). The van der Waals surface area contributed by atoms with Crippen LogP contribution < -0.4 is 4.90 Å². The Labute approximate surface area is 155 Å². The number of oxazole rings is 1. The molecule has 2 heterocycles. The number of benzene rings is 2. The van der Waals surface area contributed by atoms with Gasteiger partial charge in [-0.25, -0.2) is 4.98 Å². The van der Waals surface area contributed by atoms with Crippen molar-refractivity contribution in [1.29, 1.82) is 0 Å². The van der Waals surface area contributed by atoms with E-state index in [0.29, 0.717) is 11.6 Å². The Morgan fingerprint density at radius 2 is 1.56 bits per heavy atom. The number of allylic oxidation sites excluding steroid dienone is 2. The summed E-state index contributed by atoms with van der Waals surface area (Å²) in [6.45, 7) is 0. The number of nitrogens with zero attached hydrogens (tertiary/aromatic N) is 2. The summed E-state index contributed by atoms with van der Waals surface area (Å²) in [6.07, 6.45) is 5.16. The third-order valence-corrected chi connectivity index (χ3v) is 6.14. The minimum absolute atomic E-state index is 0.0588. The largest absolute Gasteiger partial charge is 0.436 e. The number of anilines is 1. The number of hydrogen-bond acceptors (Lipinski definition) is 4. The fourth-order valence-electron chi connectivity index (χ4n) is 4.91. The molecule has 1 aromatic heterocycles. The van der Waals surface area contributed by atoms with Crippen LogP contribution in [0, 0.1) is 23.7 Å². The zero-order valence-corrected chi connectivity index (χ0v) is 14.4. The molecular formula is C22H16N2O3. The van der Waals surface area contributed by atoms with Gasteiger partial charge in [0.15, 0.2) is 5.58 Å². The zero-order chi connectivity index (χ0) is 18.1. The van der Waals surface area contributed by atoms with Crippen LogP contribution >= 0.6 is 0 Å². The third kappa shape index (κ3) is 1.97. The number of fused-ring (bicyclic) bond motifs is 6. The van der Waals surface area contributed by atoms with Crippen LogP contribution in [-0.2, 0) is 9.59 Å². The van der Waals surface area contributed by atoms with Crippen LogP contribution in [0.2, 0.25) is 0 Å². The quantitative estimate of drug-likeness (QED) is 0.517. The first-order valence-electron chi connectivity index (χ1n) is 9.23. The van der Waals surface area contributed by atoms with E-state index >= 15 is 0 Å². The van der Waals surface area contributed by atoms with E-state index in [1.54, 1.807) is 12.1 Å². The van der Waals surface area contributed by atoms with Gasteiger partial charge in [0, 0.05) is 5.56 Å². The van der Waals surface area contributed by atoms with Crippen LogP contribution in [0.15, 0.2) is 65.1 Å². The molecule has 3 aliphatic rings. The molecule has 4 atom stereocenters. The van der Waals surface area contributed by atoms with E-state index in [4.69, 9.17) is 4.42 Å². The van der Waals surface area contributed by atoms with Gasteiger partial charge >= 0.3 is 0 Å². The molecule has 1 saturated heterocycles. The lowest BCUT2D eigenvalue weighted by Crippen LogP contribution is -2.32. The highest BCUT2D eigenvalue weighted by Crippen LogP contribution is 2.53. The Morgan fingerprint density at radius 1 is 0.889 bits per heavy atom. The Kier molecular flexibility index (Phi) is 2.85. The van der Waals surface area contributed by atoms with E-state index in [1.165, 1.54) is 4.90 Å². The van der Waals surface area contributed by atoms with E-state index in [9.17, 15) is 9.59 Å². The number of carbonyl (C=O) groups is 2. The maximum Gasteiger partial charge on any atom is 0.238 e. The lowest BCUT2D eigenvalue weighted by molar-refractivity contribution is -0.123. The summed E-state index contributed by atoms with van der Waals surface area (Å²) >= 11 is 0. The first-order valence-corrected chi connectivity index (χ1v) is 9.23. The normalized spacial score (nSPS) is 28.5. The second kappa shape index (κ2) is 5.16. The monoisotopic (exact) mass is 356 g/mol. The highest BCUT2D eigenvalue weighted by atomic mass is 16.3. The Bertz CT molecular complexity index is 1060. The molecule has 1 aliphatic heterocycles. The maximum absolute atomic E-state index is 12.9. The van der Waals surface area contributed by atoms with Crippen LogP contribution in [0.25, 0.3) is 22.6 Å². The number of aromatic nitrogens is 1. The minimum Gasteiger partial charge on any atom is -0.436 e. The molecule has 0 N–H and O–H groups in total. The lowest BCUT2D eigenvalue weighted by atomic mass is 9.85. The van der Waals surface area contributed by atoms with Crippen molar-refractivity contribution < 1.29 is 14.0 Å². The van der Waals surface area contributed by atoms with E-state index < -0.39 is 0 Å². The average molecular weight is 356 g/mol. The summed E-state index contributed by atoms with van der Waals surface area (Å²) in [5.74, 6) is 0.503. The summed E-state index contributed by atoms with van der Waals surface area (Å²) in [7, 11) is 0. The van der Waals surface area contributed by atoms with Gasteiger partial charge in [0.25, 0.3) is 0 Å². The molecule has 5 heteroatoms. The molecule has 0 radical (unpaired) electrons. The highest BCUT2D eigenvalue weighted by molar-refractivity contribution is 6.22. The van der Waals surface area contributed by atoms with Gasteiger partial charge in [-0.3, -0.25) is 14.5 Å². The van der Waals surface area contributed by atoms with Crippen LogP contribution in [0.3, 0.4) is 0 Å². The zero-order valence-electron chi connectivity index (χ0n) is 14.4. The molecule has 3 aromatic rings. The second-order valence-corrected chi connectivity index (χ2v) is 7.55. The summed E-state index contributed by atoms with van der Waals surface area (Å²) in [6, 6.07) is 14.9. The molecule has 2 bridgehead atoms. The van der Waals surface area contributed by atoms with E-state index in [0.717, 1.165) is 23.1 Å². The second-order valence-electron chi connectivity index (χ2n) is 7.55. The first-order chi connectivity index (χ1) is 13.2. The Hall–Kier alpha value is -3.21. The standard InChI is InChI=1S/C22H16N2O3/c25-21-18-13-5-6-14(11-13)19(18)22(26)24(21)15-9-7-12(8-10-15)20-23-16-3-1-2-4-17(16)27-20/h1-10,13-14,18-19H,11H2/t13-,14+,18-,19+. The van der Waals surface area contributed by atoms with Crippen LogP contribution in [0.1, 0.15) is 6.42 Å². The van der Waals surface area contributed by atoms with Crippen molar-refractivity contribution >= 4 is 28.6 Å². The first kappa shape index (κ1) is 14.9. The SMILES string of the molecule is O=C1[C@@H]2[C@H](C(=O)N1c1ccc(-c3nc4ccccc4o3)cc1)[C@@H]1C=C[C@H]2C1. The third-order valence-electron chi connectivity index (χ3n) is 6.14. The van der Waals surface area contributed by atoms with Crippen molar-refractivity contribution in [2.24, 2.45) is 23.7 Å². The van der Waals surface area contributed by atoms with Gasteiger partial charge in [0.2, 0.25) is 17.7 Å². The molecule has 132 valence electrons. The summed E-state index contributed by atoms with van der Waals surface area (Å²) in [5, 5.41) is 0. The van der Waals surface area contributed by atoms with Crippen LogP contribution in [-0.4, -0.2) is 16.8 Å². The van der Waals surface area contributed by atoms with E-state index in [-0.39, 0.29) is 35.5 Å². The topological polar surface area (TPSA) is 63.4 Å². The predicted octanol–water partition coefficient (Wildman–Crippen LogP) is 3.81. The van der Waals surface area contributed by atoms with E-state index in [2.05, 4.69) is 17.1 Å². The predicted molar refractivity (Wildman–Crippen MR) is 99.7 cm³/mol. The molecular weight excluding hydrogens is 340 g/mol. The molecule has 1 saturated carbocycles. The van der Waals surface area contributed by atoms with Crippen LogP contribution in [0.5, 0.6) is 0 Å². The van der Waals surface area contributed by atoms with Gasteiger partial charge in [-0.1, -0.05) is 24.3 Å². The van der Waals surface area contributed by atoms with E-state index in [1.807, 2.05) is 36.4 Å². The minimum atomic E-state index is -0.177. The summed E-state index contributed by atoms with van der Waals surface area (Å²) in [5.41, 5.74) is 2.98. The number of rotatable bonds is 2. The van der Waals surface area contributed by atoms with Crippen molar-refractivity contribution in [2.45, 2.75) is 6.42 Å². The van der Waals surface area contributed by atoms with Crippen molar-refractivity contribution in [3.8, 4) is 11.5 Å². The molecule has 2 aliphatic carbocycles. The van der Waals surface area contributed by atoms with Crippen molar-refractivity contribution in [2.75, 3.05) is 4.90 Å². The average Bonchev–Trinajstić information content (AvgIpc) is 3.45. The van der Waals surface area contributed by atoms with Gasteiger partial charge < -0.3 is 4.42 Å². The summed E-state index contributed by atoms with van der Waals surface area (Å²) < 4.78 is 5.79. The fourth-order valence-corrected chi connectivity index (χ4v) is 4.91. The number of imide groups is 1. The molecule has 27 heavy (non-hydrogen) atoms. The summed E-state index contributed by atoms with van der Waals surface area (Å²) in [4.78, 5) is 31.7. The molecule has 0 unspecified atom stereocenters. The molecule has 2 aromatic carbocycles. The Morgan fingerprint density at radius 3 is 2.22 bits per heavy atom. The van der Waals surface area contributed by atoms with Gasteiger partial charge in [-0.15, -0.1) is 0 Å². The molecule has 0 spiro atoms. The molecule has 2 fully saturated rings. The number of amides is 2. The maximum atomic E-state index is 12.9. The van der Waals surface area contributed by atoms with Gasteiger partial charge in [0.1, 0.15) is 5.52 Å².